The summed E-state index contributed by atoms with van der Waals surface area (Å²) in [5.74, 6) is -0.209. The molecule has 5 nitrogen and oxygen atoms in total. The van der Waals surface area contributed by atoms with E-state index in [1.807, 2.05) is 43.3 Å². The van der Waals surface area contributed by atoms with E-state index in [1.165, 1.54) is 6.08 Å². The molecule has 0 aliphatic carbocycles. The second-order valence-electron chi connectivity index (χ2n) is 5.56. The topological polar surface area (TPSA) is 82.3 Å². The molecule has 134 valence electrons. The fraction of sp³-hybridized carbons (Fsp3) is 0.200. The molecule has 0 heterocycles. The largest absolute Gasteiger partial charge is 0.503 e. The van der Waals surface area contributed by atoms with Crippen LogP contribution in [0.3, 0.4) is 0 Å². The quantitative estimate of drug-likeness (QED) is 0.543. The van der Waals surface area contributed by atoms with Crippen LogP contribution in [0.25, 0.3) is 6.08 Å². The summed E-state index contributed by atoms with van der Waals surface area (Å²) in [5.41, 5.74) is 1.48. The molecule has 2 rings (SSSR count). The highest BCUT2D eigenvalue weighted by Crippen LogP contribution is 2.36. The Hall–Kier alpha value is -2.78. The lowest BCUT2D eigenvalue weighted by Gasteiger charge is -2.14. The van der Waals surface area contributed by atoms with Crippen LogP contribution in [0.1, 0.15) is 31.0 Å². The van der Waals surface area contributed by atoms with Crippen LogP contribution in [0.2, 0.25) is 0 Å². The van der Waals surface area contributed by atoms with E-state index < -0.39 is 5.91 Å². The van der Waals surface area contributed by atoms with E-state index in [4.69, 9.17) is 4.74 Å². The number of hydrogen-bond acceptors (Lipinski definition) is 4. The average Bonchev–Trinajstić information content (AvgIpc) is 2.64. The molecule has 26 heavy (non-hydrogen) atoms. The van der Waals surface area contributed by atoms with Gasteiger partial charge in [0.25, 0.3) is 5.91 Å². The Morgan fingerprint density at radius 3 is 2.69 bits per heavy atom. The first-order valence-electron chi connectivity index (χ1n) is 8.09. The molecule has 0 spiro atoms. The molecule has 2 aromatic carbocycles. The molecule has 0 saturated heterocycles. The van der Waals surface area contributed by atoms with Crippen molar-refractivity contribution in [3.63, 3.8) is 0 Å². The van der Waals surface area contributed by atoms with E-state index in [1.54, 1.807) is 19.1 Å². The Kier molecular flexibility index (Phi) is 6.81. The van der Waals surface area contributed by atoms with Crippen LogP contribution >= 0.6 is 15.9 Å². The lowest BCUT2D eigenvalue weighted by molar-refractivity contribution is -0.117. The number of phenolic OH excluding ortho intramolecular Hbond substituents is 1. The van der Waals surface area contributed by atoms with Crippen LogP contribution in [0.5, 0.6) is 11.5 Å². The molecule has 0 unspecified atom stereocenters. The number of rotatable bonds is 6. The molecule has 2 N–H and O–H groups in total. The maximum Gasteiger partial charge on any atom is 0.262 e. The van der Waals surface area contributed by atoms with Crippen molar-refractivity contribution in [2.45, 2.75) is 19.9 Å². The van der Waals surface area contributed by atoms with Crippen LogP contribution in [0.15, 0.2) is 52.5 Å². The number of carbonyl (C=O) groups excluding carboxylic acids is 1. The normalized spacial score (nSPS) is 12.2. The van der Waals surface area contributed by atoms with Crippen LogP contribution in [0.4, 0.5) is 0 Å². The maximum absolute atomic E-state index is 12.4. The van der Waals surface area contributed by atoms with E-state index >= 15 is 0 Å². The Morgan fingerprint density at radius 2 is 2.08 bits per heavy atom. The zero-order valence-electron chi connectivity index (χ0n) is 14.5. The molecule has 0 fully saturated rings. The number of halogens is 1. The number of amides is 1. The lowest BCUT2D eigenvalue weighted by atomic mass is 10.1. The van der Waals surface area contributed by atoms with Gasteiger partial charge in [-0.2, -0.15) is 5.26 Å². The summed E-state index contributed by atoms with van der Waals surface area (Å²) in [7, 11) is 0. The number of carbonyl (C=O) groups is 1. The monoisotopic (exact) mass is 414 g/mol. The average molecular weight is 415 g/mol. The number of hydrogen-bond donors (Lipinski definition) is 2. The van der Waals surface area contributed by atoms with Gasteiger partial charge >= 0.3 is 0 Å². The third kappa shape index (κ3) is 4.87. The first kappa shape index (κ1) is 19.5. The Balaban J connectivity index is 2.24. The van der Waals surface area contributed by atoms with Gasteiger partial charge in [0.05, 0.1) is 17.1 Å². The molecule has 0 radical (unpaired) electrons. The molecule has 1 amide bonds. The molecule has 0 aliphatic heterocycles. The highest BCUT2D eigenvalue weighted by molar-refractivity contribution is 9.10. The van der Waals surface area contributed by atoms with Crippen molar-refractivity contribution in [2.24, 2.45) is 0 Å². The molecule has 0 saturated carbocycles. The first-order chi connectivity index (χ1) is 12.5. The van der Waals surface area contributed by atoms with Gasteiger partial charge in [0.1, 0.15) is 11.6 Å². The predicted molar refractivity (Wildman–Crippen MR) is 104 cm³/mol. The fourth-order valence-corrected chi connectivity index (χ4v) is 2.82. The molecule has 0 aromatic heterocycles. The summed E-state index contributed by atoms with van der Waals surface area (Å²) < 4.78 is 5.78. The lowest BCUT2D eigenvalue weighted by Crippen LogP contribution is -2.27. The van der Waals surface area contributed by atoms with Crippen LogP contribution in [-0.2, 0) is 4.79 Å². The van der Waals surface area contributed by atoms with Gasteiger partial charge in [-0.25, -0.2) is 0 Å². The second kappa shape index (κ2) is 9.07. The first-order valence-corrected chi connectivity index (χ1v) is 8.88. The number of nitrogens with zero attached hydrogens (tertiary/aromatic N) is 1. The summed E-state index contributed by atoms with van der Waals surface area (Å²) in [6.07, 6.45) is 1.46. The molecule has 0 bridgehead atoms. The number of nitrogens with one attached hydrogen (secondary N) is 1. The number of aromatic hydroxyl groups is 1. The van der Waals surface area contributed by atoms with Crippen molar-refractivity contribution in [1.29, 1.82) is 5.26 Å². The molecule has 1 atom stereocenters. The Morgan fingerprint density at radius 1 is 1.38 bits per heavy atom. The third-order valence-corrected chi connectivity index (χ3v) is 4.28. The van der Waals surface area contributed by atoms with Crippen molar-refractivity contribution in [3.05, 3.63) is 63.6 Å². The molecule has 6 heteroatoms. The molecule has 0 aliphatic rings. The van der Waals surface area contributed by atoms with Crippen LogP contribution in [0, 0.1) is 11.3 Å². The van der Waals surface area contributed by atoms with Crippen molar-refractivity contribution in [1.82, 2.24) is 5.32 Å². The minimum Gasteiger partial charge on any atom is -0.503 e. The zero-order valence-corrected chi connectivity index (χ0v) is 16.1. The highest BCUT2D eigenvalue weighted by Gasteiger charge is 2.15. The van der Waals surface area contributed by atoms with Crippen molar-refractivity contribution < 1.29 is 14.6 Å². The summed E-state index contributed by atoms with van der Waals surface area (Å²) in [5, 5.41) is 22.1. The standard InChI is InChI=1S/C20H19BrN2O3/c1-3-26-18-11-14(10-17(21)19(18)24)9-16(12-22)20(25)23-13(2)15-7-5-4-6-8-15/h4-11,13,24H,3H2,1-2H3,(H,23,25)/b16-9-/t13-/m0/s1. The second-order valence-corrected chi connectivity index (χ2v) is 6.41. The van der Waals surface area contributed by atoms with Gasteiger partial charge in [-0.15, -0.1) is 0 Å². The number of ether oxygens (including phenoxy) is 1. The minimum atomic E-state index is -0.467. The van der Waals surface area contributed by atoms with Crippen molar-refractivity contribution in [2.75, 3.05) is 6.61 Å². The zero-order chi connectivity index (χ0) is 19.1. The van der Waals surface area contributed by atoms with E-state index in [0.29, 0.717) is 16.6 Å². The Labute approximate surface area is 161 Å². The minimum absolute atomic E-state index is 0.0235. The van der Waals surface area contributed by atoms with Gasteiger partial charge in [0, 0.05) is 0 Å². The summed E-state index contributed by atoms with van der Waals surface area (Å²) in [4.78, 5) is 12.4. The van der Waals surface area contributed by atoms with E-state index in [9.17, 15) is 15.2 Å². The van der Waals surface area contributed by atoms with Gasteiger partial charge in [-0.1, -0.05) is 30.3 Å². The SMILES string of the molecule is CCOc1cc(/C=C(/C#N)C(=O)N[C@@H](C)c2ccccc2)cc(Br)c1O. The number of phenols is 1. The third-order valence-electron chi connectivity index (χ3n) is 3.67. The van der Waals surface area contributed by atoms with Gasteiger partial charge in [-0.05, 0) is 59.1 Å². The smallest absolute Gasteiger partial charge is 0.262 e. The summed E-state index contributed by atoms with van der Waals surface area (Å²) >= 11 is 3.24. The van der Waals surface area contributed by atoms with Gasteiger partial charge in [-0.3, -0.25) is 4.79 Å². The van der Waals surface area contributed by atoms with Gasteiger partial charge < -0.3 is 15.2 Å². The Bertz CT molecular complexity index is 857. The van der Waals surface area contributed by atoms with E-state index in [0.717, 1.165) is 5.56 Å². The summed E-state index contributed by atoms with van der Waals surface area (Å²) in [6, 6.07) is 14.4. The van der Waals surface area contributed by atoms with Crippen molar-refractivity contribution in [3.8, 4) is 17.6 Å². The van der Waals surface area contributed by atoms with Crippen LogP contribution in [-0.4, -0.2) is 17.6 Å². The number of benzene rings is 2. The molecular formula is C20H19BrN2O3. The van der Waals surface area contributed by atoms with Crippen LogP contribution < -0.4 is 10.1 Å². The van der Waals surface area contributed by atoms with Gasteiger partial charge in [0.15, 0.2) is 11.5 Å². The summed E-state index contributed by atoms with van der Waals surface area (Å²) in [6.45, 7) is 4.04. The highest BCUT2D eigenvalue weighted by atomic mass is 79.9. The molecular weight excluding hydrogens is 396 g/mol. The van der Waals surface area contributed by atoms with E-state index in [-0.39, 0.29) is 23.1 Å². The maximum atomic E-state index is 12.4. The van der Waals surface area contributed by atoms with Gasteiger partial charge in [0.2, 0.25) is 0 Å². The fourth-order valence-electron chi connectivity index (χ4n) is 2.36. The number of nitriles is 1. The van der Waals surface area contributed by atoms with E-state index in [2.05, 4.69) is 21.2 Å². The molecule has 2 aromatic rings. The van der Waals surface area contributed by atoms with Crippen molar-refractivity contribution >= 4 is 27.9 Å². The predicted octanol–water partition coefficient (Wildman–Crippen LogP) is 4.34.